The van der Waals surface area contributed by atoms with Gasteiger partial charge in [0.05, 0.1) is 5.04 Å². The highest BCUT2D eigenvalue weighted by Gasteiger charge is 2.20. The first-order chi connectivity index (χ1) is 6.17. The van der Waals surface area contributed by atoms with Crippen LogP contribution in [-0.2, 0) is 0 Å². The number of rotatable bonds is 2. The molecule has 0 heterocycles. The van der Waals surface area contributed by atoms with E-state index in [1.165, 1.54) is 11.9 Å². The van der Waals surface area contributed by atoms with Crippen molar-refractivity contribution in [3.8, 4) is 0 Å². The summed E-state index contributed by atoms with van der Waals surface area (Å²) in [4.78, 5) is 4.60. The van der Waals surface area contributed by atoms with Gasteiger partial charge >= 0.3 is 0 Å². The van der Waals surface area contributed by atoms with Crippen LogP contribution in [0.5, 0.6) is 0 Å². The fourth-order valence-electron chi connectivity index (χ4n) is 0.773. The molecule has 0 bridgehead atoms. The van der Waals surface area contributed by atoms with E-state index in [0.717, 1.165) is 11.6 Å². The van der Waals surface area contributed by atoms with Crippen LogP contribution in [-0.4, -0.2) is 18.3 Å². The number of hydrogen-bond acceptors (Lipinski definition) is 3. The summed E-state index contributed by atoms with van der Waals surface area (Å²) in [5, 5.41) is 1.06. The van der Waals surface area contributed by atoms with Crippen LogP contribution in [0.3, 0.4) is 0 Å². The first kappa shape index (κ1) is 13.7. The van der Waals surface area contributed by atoms with Gasteiger partial charge in [-0.3, -0.25) is 4.99 Å². The van der Waals surface area contributed by atoms with Gasteiger partial charge in [0.1, 0.15) is 0 Å². The highest BCUT2D eigenvalue weighted by Crippen LogP contribution is 2.26. The summed E-state index contributed by atoms with van der Waals surface area (Å²) in [6.07, 6.45) is 0. The smallest absolute Gasteiger partial charge is 0.0957 e. The molecule has 2 nitrogen and oxygen atoms in total. The molecule has 0 amide bonds. The Hall–Kier alpha value is -0.310. The topological polar surface area (TPSA) is 24.7 Å². The first-order valence-corrected chi connectivity index (χ1v) is 5.62. The lowest BCUT2D eigenvalue weighted by Crippen LogP contribution is -2.19. The first-order valence-electron chi connectivity index (χ1n) is 4.85. The lowest BCUT2D eigenvalue weighted by molar-refractivity contribution is 0.427. The van der Waals surface area contributed by atoms with Crippen molar-refractivity contribution in [3.05, 3.63) is 0 Å². The molecule has 0 aromatic carbocycles. The van der Waals surface area contributed by atoms with Crippen LogP contribution in [0.25, 0.3) is 0 Å². The van der Waals surface area contributed by atoms with Crippen molar-refractivity contribution in [2.45, 2.75) is 41.5 Å². The Kier molecular flexibility index (Phi) is 4.85. The zero-order valence-corrected chi connectivity index (χ0v) is 11.0. The highest BCUT2D eigenvalue weighted by atomic mass is 32.2. The Morgan fingerprint density at radius 1 is 1.14 bits per heavy atom. The van der Waals surface area contributed by atoms with Gasteiger partial charge in [-0.1, -0.05) is 41.5 Å². The summed E-state index contributed by atoms with van der Waals surface area (Å²) in [6, 6.07) is 0. The molecule has 82 valence electrons. The highest BCUT2D eigenvalue weighted by molar-refractivity contribution is 8.13. The van der Waals surface area contributed by atoms with E-state index in [-0.39, 0.29) is 10.8 Å². The molecule has 0 rings (SSSR count). The van der Waals surface area contributed by atoms with Gasteiger partial charge in [-0.05, 0) is 12.1 Å². The molecule has 0 atom stereocenters. The Morgan fingerprint density at radius 3 is 1.93 bits per heavy atom. The molecule has 0 saturated heterocycles. The van der Waals surface area contributed by atoms with Gasteiger partial charge in [0.15, 0.2) is 0 Å². The molecule has 0 aliphatic rings. The second-order valence-electron chi connectivity index (χ2n) is 5.65. The fraction of sp³-hybridized carbons (Fsp3) is 0.818. The molecule has 14 heavy (non-hydrogen) atoms. The zero-order valence-electron chi connectivity index (χ0n) is 10.2. The van der Waals surface area contributed by atoms with E-state index in [2.05, 4.69) is 57.7 Å². The molecule has 0 spiro atoms. The van der Waals surface area contributed by atoms with Crippen molar-refractivity contribution < 1.29 is 0 Å². The summed E-state index contributed by atoms with van der Waals surface area (Å²) in [5.74, 6) is 0. The summed E-state index contributed by atoms with van der Waals surface area (Å²) in [7, 11) is 0. The van der Waals surface area contributed by atoms with Gasteiger partial charge in [-0.25, -0.2) is 4.40 Å². The van der Waals surface area contributed by atoms with E-state index in [1.54, 1.807) is 0 Å². The van der Waals surface area contributed by atoms with Crippen LogP contribution in [0.4, 0.5) is 0 Å². The monoisotopic (exact) mass is 214 g/mol. The van der Waals surface area contributed by atoms with Crippen molar-refractivity contribution in [1.82, 2.24) is 0 Å². The Bertz CT molecular complexity index is 218. The normalized spacial score (nSPS) is 14.3. The molecule has 0 aromatic rings. The lowest BCUT2D eigenvalue weighted by Gasteiger charge is -2.21. The Labute approximate surface area is 92.4 Å². The minimum atomic E-state index is 0.0666. The second-order valence-corrected chi connectivity index (χ2v) is 6.48. The molecule has 0 radical (unpaired) electrons. The molecular weight excluding hydrogens is 192 g/mol. The van der Waals surface area contributed by atoms with Gasteiger partial charge in [0, 0.05) is 23.9 Å². The molecule has 0 fully saturated rings. The maximum Gasteiger partial charge on any atom is 0.0957 e. The molecule has 3 heteroatoms. The molecule has 0 aromatic heterocycles. The van der Waals surface area contributed by atoms with E-state index in [9.17, 15) is 0 Å². The number of nitrogens with zero attached hydrogens (tertiary/aromatic N) is 2. The third kappa shape index (κ3) is 6.19. The van der Waals surface area contributed by atoms with Crippen LogP contribution in [0.2, 0.25) is 0 Å². The van der Waals surface area contributed by atoms with Crippen LogP contribution < -0.4 is 0 Å². The quantitative estimate of drug-likeness (QED) is 0.389. The molecular formula is C11H22N2S. The SMILES string of the molecule is C=NSC(=NCC(C)(C)C)C(C)(C)C. The zero-order chi connectivity index (χ0) is 11.4. The van der Waals surface area contributed by atoms with Crippen molar-refractivity contribution in [1.29, 1.82) is 0 Å². The molecule has 0 aliphatic heterocycles. The minimum Gasteiger partial charge on any atom is -0.280 e. The predicted octanol–water partition coefficient (Wildman–Crippen LogP) is 3.83. The van der Waals surface area contributed by atoms with Gasteiger partial charge in [-0.2, -0.15) is 0 Å². The summed E-state index contributed by atoms with van der Waals surface area (Å²) >= 11 is 1.39. The third-order valence-corrected chi connectivity index (χ3v) is 2.53. The van der Waals surface area contributed by atoms with Gasteiger partial charge in [0.25, 0.3) is 0 Å². The van der Waals surface area contributed by atoms with Crippen LogP contribution in [0.1, 0.15) is 41.5 Å². The Balaban J connectivity index is 4.58. The lowest BCUT2D eigenvalue weighted by atomic mass is 9.96. The van der Waals surface area contributed by atoms with E-state index in [4.69, 9.17) is 0 Å². The Morgan fingerprint density at radius 2 is 1.64 bits per heavy atom. The summed E-state index contributed by atoms with van der Waals surface area (Å²) in [6.45, 7) is 17.3. The largest absolute Gasteiger partial charge is 0.280 e. The van der Waals surface area contributed by atoms with Crippen molar-refractivity contribution in [2.75, 3.05) is 6.54 Å². The van der Waals surface area contributed by atoms with E-state index < -0.39 is 0 Å². The van der Waals surface area contributed by atoms with Gasteiger partial charge in [0.2, 0.25) is 0 Å². The summed E-state index contributed by atoms with van der Waals surface area (Å²) in [5.41, 5.74) is 0.301. The maximum absolute atomic E-state index is 4.60. The number of aliphatic imine (C=N–C) groups is 1. The van der Waals surface area contributed by atoms with Crippen LogP contribution in [0.15, 0.2) is 9.39 Å². The average molecular weight is 214 g/mol. The molecule has 0 aliphatic carbocycles. The fourth-order valence-corrected chi connectivity index (χ4v) is 1.29. The molecule has 0 unspecified atom stereocenters. The van der Waals surface area contributed by atoms with E-state index in [0.29, 0.717) is 0 Å². The standard InChI is InChI=1S/C11H22N2S/c1-10(2,3)8-13-9(14-12-7)11(4,5)6/h7-8H2,1-6H3. The van der Waals surface area contributed by atoms with E-state index in [1.807, 2.05) is 0 Å². The van der Waals surface area contributed by atoms with Gasteiger partial charge in [-0.15, -0.1) is 0 Å². The van der Waals surface area contributed by atoms with E-state index >= 15 is 0 Å². The summed E-state index contributed by atoms with van der Waals surface area (Å²) < 4.78 is 3.84. The van der Waals surface area contributed by atoms with Crippen molar-refractivity contribution in [3.63, 3.8) is 0 Å². The predicted molar refractivity (Wildman–Crippen MR) is 68.4 cm³/mol. The van der Waals surface area contributed by atoms with Crippen LogP contribution in [0, 0.1) is 10.8 Å². The third-order valence-electron chi connectivity index (χ3n) is 1.49. The molecule has 0 N–H and O–H groups in total. The minimum absolute atomic E-state index is 0.0666. The number of hydrogen-bond donors (Lipinski definition) is 0. The average Bonchev–Trinajstić information content (AvgIpc) is 1.93. The molecule has 0 saturated carbocycles. The van der Waals surface area contributed by atoms with Crippen LogP contribution >= 0.6 is 11.9 Å². The van der Waals surface area contributed by atoms with Crippen molar-refractivity contribution in [2.24, 2.45) is 20.2 Å². The maximum atomic E-state index is 4.60. The van der Waals surface area contributed by atoms with Gasteiger partial charge < -0.3 is 0 Å². The van der Waals surface area contributed by atoms with Crippen molar-refractivity contribution >= 4 is 23.7 Å². The second kappa shape index (κ2) is 4.96.